The van der Waals surface area contributed by atoms with Gasteiger partial charge in [-0.2, -0.15) is 0 Å². The second-order valence-corrected chi connectivity index (χ2v) is 6.89. The van der Waals surface area contributed by atoms with Gasteiger partial charge >= 0.3 is 0 Å². The molecular weight excluding hydrogens is 316 g/mol. The first kappa shape index (κ1) is 21.3. The lowest BCUT2D eigenvalue weighted by molar-refractivity contribution is 0.0268. The van der Waals surface area contributed by atoms with Crippen molar-refractivity contribution in [2.45, 2.75) is 32.4 Å². The van der Waals surface area contributed by atoms with Gasteiger partial charge in [-0.1, -0.05) is 12.1 Å². The van der Waals surface area contributed by atoms with E-state index in [0.717, 1.165) is 31.3 Å². The van der Waals surface area contributed by atoms with Crippen molar-refractivity contribution in [1.29, 1.82) is 0 Å². The van der Waals surface area contributed by atoms with Crippen molar-refractivity contribution in [2.24, 2.45) is 4.99 Å². The maximum Gasteiger partial charge on any atom is 0.191 e. The maximum atomic E-state index is 5.75. The fraction of sp³-hybridized carbons (Fsp3) is 0.632. The van der Waals surface area contributed by atoms with Crippen molar-refractivity contribution in [3.63, 3.8) is 0 Å². The van der Waals surface area contributed by atoms with Gasteiger partial charge in [0.25, 0.3) is 0 Å². The molecule has 6 nitrogen and oxygen atoms in total. The molecule has 0 amide bonds. The Bertz CT molecular complexity index is 513. The van der Waals surface area contributed by atoms with Crippen LogP contribution in [0.4, 0.5) is 0 Å². The van der Waals surface area contributed by atoms with E-state index in [9.17, 15) is 0 Å². The van der Waals surface area contributed by atoms with E-state index in [2.05, 4.69) is 46.8 Å². The van der Waals surface area contributed by atoms with Crippen LogP contribution in [0.15, 0.2) is 29.3 Å². The minimum absolute atomic E-state index is 0.233. The van der Waals surface area contributed by atoms with Crippen molar-refractivity contribution in [3.05, 3.63) is 29.8 Å². The number of rotatable bonds is 10. The summed E-state index contributed by atoms with van der Waals surface area (Å²) in [4.78, 5) is 6.39. The number of methoxy groups -OCH3 is 1. The Labute approximate surface area is 152 Å². The zero-order chi connectivity index (χ0) is 18.7. The maximum absolute atomic E-state index is 5.75. The molecule has 0 bridgehead atoms. The molecule has 0 radical (unpaired) electrons. The van der Waals surface area contributed by atoms with Gasteiger partial charge in [-0.3, -0.25) is 4.99 Å². The number of aliphatic imine (C=N–C) groups is 1. The van der Waals surface area contributed by atoms with Crippen molar-refractivity contribution in [1.82, 2.24) is 15.5 Å². The number of ether oxygens (including phenoxy) is 2. The summed E-state index contributed by atoms with van der Waals surface area (Å²) in [6, 6.07) is 8.16. The number of hydrogen-bond donors (Lipinski definition) is 2. The highest BCUT2D eigenvalue weighted by atomic mass is 16.5. The number of nitrogens with one attached hydrogen (secondary N) is 2. The Balaban J connectivity index is 2.36. The Hall–Kier alpha value is -1.79. The Kier molecular flexibility index (Phi) is 9.31. The molecule has 0 atom stereocenters. The molecule has 0 saturated heterocycles. The lowest BCUT2D eigenvalue weighted by Gasteiger charge is -2.24. The van der Waals surface area contributed by atoms with Crippen molar-refractivity contribution < 1.29 is 9.47 Å². The van der Waals surface area contributed by atoms with Crippen LogP contribution in [0.2, 0.25) is 0 Å². The SMILES string of the molecule is CN=C(NCc1ccc(OCCCN(C)C)cc1)NCC(C)(C)OC. The molecule has 0 aliphatic rings. The summed E-state index contributed by atoms with van der Waals surface area (Å²) in [5.74, 6) is 1.67. The van der Waals surface area contributed by atoms with Crippen LogP contribution >= 0.6 is 0 Å². The van der Waals surface area contributed by atoms with Crippen LogP contribution in [0.3, 0.4) is 0 Å². The average molecular weight is 351 g/mol. The van der Waals surface area contributed by atoms with E-state index in [1.807, 2.05) is 26.0 Å². The van der Waals surface area contributed by atoms with Gasteiger partial charge < -0.3 is 25.0 Å². The molecule has 0 aromatic heterocycles. The molecule has 1 aromatic rings. The van der Waals surface area contributed by atoms with Crippen molar-refractivity contribution in [2.75, 3.05) is 47.9 Å². The summed E-state index contributed by atoms with van der Waals surface area (Å²) < 4.78 is 11.1. The Morgan fingerprint density at radius 2 is 1.84 bits per heavy atom. The van der Waals surface area contributed by atoms with Crippen LogP contribution < -0.4 is 15.4 Å². The summed E-state index contributed by atoms with van der Waals surface area (Å²) in [5, 5.41) is 6.57. The van der Waals surface area contributed by atoms with Crippen LogP contribution in [0.5, 0.6) is 5.75 Å². The zero-order valence-corrected chi connectivity index (χ0v) is 16.6. The third-order valence-electron chi connectivity index (χ3n) is 3.86. The summed E-state index contributed by atoms with van der Waals surface area (Å²) in [5.41, 5.74) is 0.943. The van der Waals surface area contributed by atoms with Gasteiger partial charge in [0.1, 0.15) is 5.75 Å². The summed E-state index contributed by atoms with van der Waals surface area (Å²) in [7, 11) is 7.61. The van der Waals surface area contributed by atoms with Gasteiger partial charge in [0.2, 0.25) is 0 Å². The Morgan fingerprint density at radius 1 is 1.16 bits per heavy atom. The van der Waals surface area contributed by atoms with Crippen LogP contribution in [-0.4, -0.2) is 64.4 Å². The molecule has 0 unspecified atom stereocenters. The minimum Gasteiger partial charge on any atom is -0.494 e. The van der Waals surface area contributed by atoms with Gasteiger partial charge in [0.05, 0.1) is 12.2 Å². The molecule has 0 heterocycles. The van der Waals surface area contributed by atoms with E-state index in [4.69, 9.17) is 9.47 Å². The third-order valence-corrected chi connectivity index (χ3v) is 3.86. The van der Waals surface area contributed by atoms with Gasteiger partial charge in [0.15, 0.2) is 5.96 Å². The predicted octanol–water partition coefficient (Wildman–Crippen LogP) is 2.11. The number of nitrogens with zero attached hydrogens (tertiary/aromatic N) is 2. The van der Waals surface area contributed by atoms with E-state index < -0.39 is 0 Å². The summed E-state index contributed by atoms with van der Waals surface area (Å²) in [6.45, 7) is 7.22. The fourth-order valence-electron chi connectivity index (χ4n) is 2.05. The topological polar surface area (TPSA) is 58.1 Å². The molecule has 0 spiro atoms. The highest BCUT2D eigenvalue weighted by molar-refractivity contribution is 5.79. The molecule has 0 aliphatic carbocycles. The number of hydrogen-bond acceptors (Lipinski definition) is 4. The first-order valence-electron chi connectivity index (χ1n) is 8.72. The first-order chi connectivity index (χ1) is 11.9. The van der Waals surface area contributed by atoms with Crippen molar-refractivity contribution >= 4 is 5.96 Å². The molecule has 142 valence electrons. The van der Waals surface area contributed by atoms with Crippen LogP contribution in [0.25, 0.3) is 0 Å². The van der Waals surface area contributed by atoms with E-state index in [0.29, 0.717) is 13.1 Å². The van der Waals surface area contributed by atoms with E-state index in [1.165, 1.54) is 5.56 Å². The van der Waals surface area contributed by atoms with Crippen LogP contribution in [0, 0.1) is 0 Å². The summed E-state index contributed by atoms with van der Waals surface area (Å²) in [6.07, 6.45) is 1.02. The van der Waals surface area contributed by atoms with Crippen LogP contribution in [0.1, 0.15) is 25.8 Å². The number of benzene rings is 1. The monoisotopic (exact) mass is 350 g/mol. The molecule has 1 rings (SSSR count). The normalized spacial score (nSPS) is 12.4. The van der Waals surface area contributed by atoms with Crippen LogP contribution in [-0.2, 0) is 11.3 Å². The molecule has 1 aromatic carbocycles. The van der Waals surface area contributed by atoms with Gasteiger partial charge in [-0.25, -0.2) is 0 Å². The lowest BCUT2D eigenvalue weighted by Crippen LogP contribution is -2.45. The molecule has 25 heavy (non-hydrogen) atoms. The van der Waals surface area contributed by atoms with Gasteiger partial charge in [0, 0.05) is 33.8 Å². The second kappa shape index (κ2) is 10.9. The highest BCUT2D eigenvalue weighted by Gasteiger charge is 2.16. The second-order valence-electron chi connectivity index (χ2n) is 6.89. The van der Waals surface area contributed by atoms with Crippen molar-refractivity contribution in [3.8, 4) is 5.75 Å². The smallest absolute Gasteiger partial charge is 0.191 e. The predicted molar refractivity (Wildman–Crippen MR) is 104 cm³/mol. The third kappa shape index (κ3) is 9.31. The largest absolute Gasteiger partial charge is 0.494 e. The Morgan fingerprint density at radius 3 is 2.40 bits per heavy atom. The first-order valence-corrected chi connectivity index (χ1v) is 8.72. The summed E-state index contributed by atoms with van der Waals surface area (Å²) >= 11 is 0. The van der Waals surface area contributed by atoms with E-state index >= 15 is 0 Å². The average Bonchev–Trinajstić information content (AvgIpc) is 2.60. The quantitative estimate of drug-likeness (QED) is 0.384. The molecular formula is C19H34N4O2. The fourth-order valence-corrected chi connectivity index (χ4v) is 2.05. The highest BCUT2D eigenvalue weighted by Crippen LogP contribution is 2.12. The standard InChI is InChI=1S/C19H34N4O2/c1-19(2,24-6)15-22-18(20-3)21-14-16-8-10-17(11-9-16)25-13-7-12-23(4)5/h8-11H,7,12-15H2,1-6H3,(H2,20,21,22). The van der Waals surface area contributed by atoms with E-state index in [-0.39, 0.29) is 5.60 Å². The molecule has 0 aliphatic heterocycles. The number of guanidine groups is 1. The molecule has 0 fully saturated rings. The molecule has 2 N–H and O–H groups in total. The van der Waals surface area contributed by atoms with E-state index in [1.54, 1.807) is 14.2 Å². The van der Waals surface area contributed by atoms with Gasteiger partial charge in [-0.15, -0.1) is 0 Å². The zero-order valence-electron chi connectivity index (χ0n) is 16.6. The lowest BCUT2D eigenvalue weighted by atomic mass is 10.1. The molecule has 6 heteroatoms. The minimum atomic E-state index is -0.233. The van der Waals surface area contributed by atoms with Gasteiger partial charge in [-0.05, 0) is 52.1 Å². The molecule has 0 saturated carbocycles.